The van der Waals surface area contributed by atoms with Crippen LogP contribution in [0.3, 0.4) is 0 Å². The molecule has 3 fully saturated rings. The molecule has 0 radical (unpaired) electrons. The van der Waals surface area contributed by atoms with E-state index in [-0.39, 0.29) is 16.2 Å². The van der Waals surface area contributed by atoms with Crippen LogP contribution in [0.5, 0.6) is 5.75 Å². The molecule has 52 heavy (non-hydrogen) atoms. The summed E-state index contributed by atoms with van der Waals surface area (Å²) in [5, 5.41) is 0. The fourth-order valence-corrected chi connectivity index (χ4v) is 13.7. The Morgan fingerprint density at radius 1 is 0.462 bits per heavy atom. The number of rotatable bonds is 3. The zero-order valence-electron chi connectivity index (χ0n) is 30.4. The summed E-state index contributed by atoms with van der Waals surface area (Å²) in [5.74, 6) is 2.41. The van der Waals surface area contributed by atoms with Gasteiger partial charge in [0, 0.05) is 21.8 Å². The number of fused-ring (bicyclic) bond motifs is 10. The Labute approximate surface area is 308 Å². The SMILES string of the molecule is COc1cccc2c1C13CCCC4(c5ccccc5-c5ccccc5C)CC5CC(CC(C1)c1ccccc1-2)(c1ccccc1-c1ccccc15)C43. The molecule has 6 aromatic carbocycles. The summed E-state index contributed by atoms with van der Waals surface area (Å²) in [5.41, 5.74) is 17.6. The molecule has 6 unspecified atom stereocenters. The van der Waals surface area contributed by atoms with E-state index in [1.165, 1.54) is 89.5 Å². The number of hydrogen-bond donors (Lipinski definition) is 0. The van der Waals surface area contributed by atoms with Gasteiger partial charge in [0.2, 0.25) is 0 Å². The third-order valence-electron chi connectivity index (χ3n) is 14.8. The van der Waals surface area contributed by atoms with Crippen molar-refractivity contribution < 1.29 is 4.74 Å². The Morgan fingerprint density at radius 3 is 1.62 bits per heavy atom. The predicted molar refractivity (Wildman–Crippen MR) is 213 cm³/mol. The van der Waals surface area contributed by atoms with Crippen LogP contribution in [0.4, 0.5) is 0 Å². The number of benzene rings is 6. The zero-order valence-corrected chi connectivity index (χ0v) is 30.4. The molecule has 6 atom stereocenters. The molecule has 5 aliphatic carbocycles. The first-order valence-electron chi connectivity index (χ1n) is 19.7. The molecule has 2 spiro atoms. The molecule has 0 aliphatic heterocycles. The van der Waals surface area contributed by atoms with E-state index in [0.717, 1.165) is 5.75 Å². The first-order valence-corrected chi connectivity index (χ1v) is 19.7. The van der Waals surface area contributed by atoms with Crippen molar-refractivity contribution in [2.24, 2.45) is 5.92 Å². The standard InChI is InChI=1S/C51H46O/c1-33-15-3-4-16-36(33)41-21-9-11-24-44(41)49-27-14-28-50-30-35(38-18-6-8-20-40(38)43-23-13-26-46(52-2)47(43)50)32-51(48(49)50)31-34(29-49)37-17-5-7-19-39(37)42-22-10-12-25-45(42)51/h3-13,15-26,34-35,48H,14,27-32H2,1-2H3. The van der Waals surface area contributed by atoms with Gasteiger partial charge >= 0.3 is 0 Å². The lowest BCUT2D eigenvalue weighted by Crippen LogP contribution is -2.66. The van der Waals surface area contributed by atoms with Gasteiger partial charge in [-0.3, -0.25) is 0 Å². The molecule has 256 valence electrons. The minimum absolute atomic E-state index is 0.0315. The summed E-state index contributed by atoms with van der Waals surface area (Å²) in [6, 6.07) is 54.3. The van der Waals surface area contributed by atoms with Gasteiger partial charge in [-0.15, -0.1) is 0 Å². The lowest BCUT2D eigenvalue weighted by molar-refractivity contribution is -0.0735. The van der Waals surface area contributed by atoms with Gasteiger partial charge in [0.1, 0.15) is 5.75 Å². The van der Waals surface area contributed by atoms with Crippen LogP contribution in [0.1, 0.15) is 90.2 Å². The summed E-state index contributed by atoms with van der Waals surface area (Å²) in [6.07, 6.45) is 8.37. The molecule has 0 aromatic heterocycles. The van der Waals surface area contributed by atoms with Gasteiger partial charge in [-0.05, 0) is 130 Å². The first-order chi connectivity index (χ1) is 25.6. The zero-order chi connectivity index (χ0) is 34.7. The van der Waals surface area contributed by atoms with Crippen molar-refractivity contribution in [2.45, 2.75) is 80.0 Å². The van der Waals surface area contributed by atoms with E-state index in [9.17, 15) is 0 Å². The van der Waals surface area contributed by atoms with Crippen LogP contribution in [0.2, 0.25) is 0 Å². The van der Waals surface area contributed by atoms with E-state index < -0.39 is 0 Å². The van der Waals surface area contributed by atoms with E-state index in [1.807, 2.05) is 7.11 Å². The highest BCUT2D eigenvalue weighted by molar-refractivity contribution is 5.81. The molecular formula is C51H46O. The van der Waals surface area contributed by atoms with Gasteiger partial charge in [0.25, 0.3) is 0 Å². The van der Waals surface area contributed by atoms with Crippen molar-refractivity contribution >= 4 is 0 Å². The van der Waals surface area contributed by atoms with Crippen LogP contribution >= 0.6 is 0 Å². The minimum atomic E-state index is -0.0599. The van der Waals surface area contributed by atoms with Crippen molar-refractivity contribution in [3.05, 3.63) is 173 Å². The minimum Gasteiger partial charge on any atom is -0.496 e. The van der Waals surface area contributed by atoms with Gasteiger partial charge < -0.3 is 4.74 Å². The first kappa shape index (κ1) is 30.7. The molecule has 0 N–H and O–H groups in total. The molecule has 0 saturated heterocycles. The van der Waals surface area contributed by atoms with Crippen molar-refractivity contribution in [1.29, 1.82) is 0 Å². The molecule has 0 heterocycles. The van der Waals surface area contributed by atoms with Gasteiger partial charge in [-0.2, -0.15) is 0 Å². The van der Waals surface area contributed by atoms with Crippen LogP contribution < -0.4 is 4.74 Å². The average Bonchev–Trinajstić information content (AvgIpc) is 3.34. The summed E-state index contributed by atoms with van der Waals surface area (Å²) >= 11 is 0. The van der Waals surface area contributed by atoms with E-state index in [2.05, 4.69) is 146 Å². The number of methoxy groups -OCH3 is 1. The fraction of sp³-hybridized carbons (Fsp3) is 0.294. The molecule has 0 amide bonds. The van der Waals surface area contributed by atoms with Crippen molar-refractivity contribution in [1.82, 2.24) is 0 Å². The molecule has 4 bridgehead atoms. The van der Waals surface area contributed by atoms with E-state index in [4.69, 9.17) is 4.74 Å². The Balaban J connectivity index is 1.31. The number of aryl methyl sites for hydroxylation is 1. The fourth-order valence-electron chi connectivity index (χ4n) is 13.7. The average molecular weight is 675 g/mol. The summed E-state index contributed by atoms with van der Waals surface area (Å²) in [6.45, 7) is 2.30. The Hall–Kier alpha value is -4.88. The van der Waals surface area contributed by atoms with Crippen LogP contribution in [-0.4, -0.2) is 7.11 Å². The lowest BCUT2D eigenvalue weighted by Gasteiger charge is -2.70. The third-order valence-corrected chi connectivity index (χ3v) is 14.8. The quantitative estimate of drug-likeness (QED) is 0.182. The highest BCUT2D eigenvalue weighted by Crippen LogP contribution is 2.77. The predicted octanol–water partition coefficient (Wildman–Crippen LogP) is 12.7. The van der Waals surface area contributed by atoms with Crippen LogP contribution in [0, 0.1) is 12.8 Å². The van der Waals surface area contributed by atoms with Crippen molar-refractivity contribution in [3.63, 3.8) is 0 Å². The monoisotopic (exact) mass is 674 g/mol. The smallest absolute Gasteiger partial charge is 0.123 e. The lowest BCUT2D eigenvalue weighted by atomic mass is 9.33. The van der Waals surface area contributed by atoms with Crippen molar-refractivity contribution in [2.75, 3.05) is 7.11 Å². The van der Waals surface area contributed by atoms with E-state index in [1.54, 1.807) is 22.3 Å². The molecule has 3 saturated carbocycles. The molecular weight excluding hydrogens is 629 g/mol. The van der Waals surface area contributed by atoms with Crippen LogP contribution in [0.15, 0.2) is 140 Å². The molecule has 11 rings (SSSR count). The largest absolute Gasteiger partial charge is 0.496 e. The van der Waals surface area contributed by atoms with Gasteiger partial charge in [0.15, 0.2) is 0 Å². The molecule has 5 aliphatic rings. The number of hydrogen-bond acceptors (Lipinski definition) is 1. The highest BCUT2D eigenvalue weighted by Gasteiger charge is 2.71. The highest BCUT2D eigenvalue weighted by atomic mass is 16.5. The molecule has 1 nitrogen and oxygen atoms in total. The van der Waals surface area contributed by atoms with E-state index in [0.29, 0.717) is 17.8 Å². The van der Waals surface area contributed by atoms with Gasteiger partial charge in [-0.25, -0.2) is 0 Å². The second-order valence-corrected chi connectivity index (χ2v) is 16.9. The molecule has 1 heteroatoms. The second-order valence-electron chi connectivity index (χ2n) is 16.9. The third kappa shape index (κ3) is 3.90. The Kier molecular flexibility index (Phi) is 6.54. The number of ether oxygens (including phenoxy) is 1. The topological polar surface area (TPSA) is 9.23 Å². The Bertz CT molecular complexity index is 2400. The second kappa shape index (κ2) is 11.1. The van der Waals surface area contributed by atoms with Crippen LogP contribution in [0.25, 0.3) is 33.4 Å². The van der Waals surface area contributed by atoms with Gasteiger partial charge in [0.05, 0.1) is 7.11 Å². The van der Waals surface area contributed by atoms with Crippen molar-refractivity contribution in [3.8, 4) is 39.1 Å². The van der Waals surface area contributed by atoms with Crippen LogP contribution in [-0.2, 0) is 16.2 Å². The summed E-state index contributed by atoms with van der Waals surface area (Å²) < 4.78 is 6.53. The normalized spacial score (nSPS) is 28.8. The van der Waals surface area contributed by atoms with E-state index >= 15 is 0 Å². The Morgan fingerprint density at radius 2 is 0.942 bits per heavy atom. The molecule has 6 aromatic rings. The summed E-state index contributed by atoms with van der Waals surface area (Å²) in [4.78, 5) is 0. The summed E-state index contributed by atoms with van der Waals surface area (Å²) in [7, 11) is 1.91. The maximum Gasteiger partial charge on any atom is 0.123 e. The maximum atomic E-state index is 6.53. The maximum absolute atomic E-state index is 6.53. The van der Waals surface area contributed by atoms with Gasteiger partial charge in [-0.1, -0.05) is 140 Å².